The van der Waals surface area contributed by atoms with Gasteiger partial charge < -0.3 is 25.1 Å². The molecule has 1 fully saturated rings. The molecule has 1 saturated heterocycles. The van der Waals surface area contributed by atoms with Gasteiger partial charge in [0.15, 0.2) is 0 Å². The van der Waals surface area contributed by atoms with Crippen molar-refractivity contribution in [2.24, 2.45) is 0 Å². The van der Waals surface area contributed by atoms with Crippen LogP contribution in [-0.4, -0.2) is 34.6 Å². The van der Waals surface area contributed by atoms with Gasteiger partial charge in [0.1, 0.15) is 5.60 Å². The van der Waals surface area contributed by atoms with Crippen LogP contribution >= 0.6 is 0 Å². The average Bonchev–Trinajstić information content (AvgIpc) is 2.71. The van der Waals surface area contributed by atoms with E-state index in [1.54, 1.807) is 26.1 Å². The molecule has 6 nitrogen and oxygen atoms in total. The molecule has 7 heteroatoms. The van der Waals surface area contributed by atoms with Crippen LogP contribution in [0.25, 0.3) is 0 Å². The molecule has 25 heavy (non-hydrogen) atoms. The third-order valence-electron chi connectivity index (χ3n) is 4.68. The Hall–Kier alpha value is -1.70. The van der Waals surface area contributed by atoms with Gasteiger partial charge in [0.2, 0.25) is 0 Å². The van der Waals surface area contributed by atoms with E-state index in [2.05, 4.69) is 10.3 Å². The highest BCUT2D eigenvalue weighted by Gasteiger charge is 2.52. The molecule has 1 aromatic rings. The quantitative estimate of drug-likeness (QED) is 0.545. The highest BCUT2D eigenvalue weighted by Crippen LogP contribution is 2.38. The zero-order valence-electron chi connectivity index (χ0n) is 15.9. The smallest absolute Gasteiger partial charge is 0.399 e. The Labute approximate surface area is 150 Å². The van der Waals surface area contributed by atoms with E-state index >= 15 is 0 Å². The lowest BCUT2D eigenvalue weighted by molar-refractivity contribution is 0.00578. The molecule has 0 bridgehead atoms. The first-order valence-corrected chi connectivity index (χ1v) is 8.44. The van der Waals surface area contributed by atoms with Crippen molar-refractivity contribution in [3.63, 3.8) is 0 Å². The van der Waals surface area contributed by atoms with E-state index in [4.69, 9.17) is 14.7 Å². The molecule has 2 heterocycles. The predicted octanol–water partition coefficient (Wildman–Crippen LogP) is 2.56. The van der Waals surface area contributed by atoms with Crippen molar-refractivity contribution in [3.8, 4) is 0 Å². The van der Waals surface area contributed by atoms with Gasteiger partial charge in [-0.05, 0) is 59.9 Å². The fourth-order valence-electron chi connectivity index (χ4n) is 2.35. The summed E-state index contributed by atoms with van der Waals surface area (Å²) in [5.41, 5.74) is 0.166. The van der Waals surface area contributed by atoms with Crippen LogP contribution in [-0.2, 0) is 21.5 Å². The summed E-state index contributed by atoms with van der Waals surface area (Å²) in [5.74, 6) is 0. The highest BCUT2D eigenvalue weighted by molar-refractivity contribution is 6.60. The lowest BCUT2D eigenvalue weighted by Gasteiger charge is -2.32. The minimum Gasteiger partial charge on any atom is -0.399 e. The van der Waals surface area contributed by atoms with E-state index in [0.29, 0.717) is 17.7 Å². The lowest BCUT2D eigenvalue weighted by atomic mass is 9.79. The monoisotopic (exact) mass is 345 g/mol. The molecule has 0 radical (unpaired) electrons. The van der Waals surface area contributed by atoms with Crippen LogP contribution in [0.4, 0.5) is 0 Å². The molecule has 1 aromatic heterocycles. The van der Waals surface area contributed by atoms with E-state index in [1.165, 1.54) is 6.21 Å². The fraction of sp³-hybridized carbons (Fsp3) is 0.556. The van der Waals surface area contributed by atoms with Gasteiger partial charge in [0.05, 0.1) is 29.1 Å². The Morgan fingerprint density at radius 3 is 2.40 bits per heavy atom. The average molecular weight is 345 g/mol. The number of nitrogens with one attached hydrogen (secondary N) is 2. The Morgan fingerprint density at radius 2 is 1.88 bits per heavy atom. The van der Waals surface area contributed by atoms with Crippen molar-refractivity contribution in [1.82, 2.24) is 10.3 Å². The summed E-state index contributed by atoms with van der Waals surface area (Å²) in [6.07, 6.45) is 2.95. The second kappa shape index (κ2) is 6.90. The third-order valence-corrected chi connectivity index (χ3v) is 4.68. The van der Waals surface area contributed by atoms with Crippen LogP contribution < -0.4 is 5.32 Å². The minimum atomic E-state index is -0.978. The maximum absolute atomic E-state index is 10.0. The molecule has 1 aliphatic heterocycles. The molecule has 0 aliphatic carbocycles. The van der Waals surface area contributed by atoms with E-state index in [-0.39, 0.29) is 0 Å². The maximum Gasteiger partial charge on any atom is 0.497 e. The van der Waals surface area contributed by atoms with Crippen LogP contribution in [0.1, 0.15) is 52.9 Å². The summed E-state index contributed by atoms with van der Waals surface area (Å²) in [7, 11) is -0.578. The first-order chi connectivity index (χ1) is 11.5. The lowest BCUT2D eigenvalue weighted by Crippen LogP contribution is -2.41. The van der Waals surface area contributed by atoms with Crippen LogP contribution in [0.3, 0.4) is 0 Å². The molecule has 2 rings (SSSR count). The normalized spacial score (nSPS) is 19.8. The van der Waals surface area contributed by atoms with Crippen molar-refractivity contribution < 1.29 is 14.4 Å². The Bertz CT molecular complexity index is 650. The van der Waals surface area contributed by atoms with Gasteiger partial charge >= 0.3 is 7.12 Å². The van der Waals surface area contributed by atoms with Gasteiger partial charge in [0, 0.05) is 11.7 Å². The summed E-state index contributed by atoms with van der Waals surface area (Å²) in [5, 5.41) is 20.8. The van der Waals surface area contributed by atoms with Crippen molar-refractivity contribution in [2.75, 3.05) is 0 Å². The largest absolute Gasteiger partial charge is 0.497 e. The van der Waals surface area contributed by atoms with E-state index in [1.807, 2.05) is 39.8 Å². The van der Waals surface area contributed by atoms with Gasteiger partial charge in [0.25, 0.3) is 0 Å². The van der Waals surface area contributed by atoms with Gasteiger partial charge in [-0.15, -0.1) is 0 Å². The molecule has 0 unspecified atom stereocenters. The van der Waals surface area contributed by atoms with Crippen LogP contribution in [0.2, 0.25) is 0 Å². The number of aliphatic hydroxyl groups is 1. The Morgan fingerprint density at radius 1 is 1.28 bits per heavy atom. The number of allylic oxidation sites excluding steroid dienone is 1. The molecular formula is C18H28BN3O3. The number of hydrogen-bond donors (Lipinski definition) is 3. The van der Waals surface area contributed by atoms with Gasteiger partial charge in [-0.3, -0.25) is 4.98 Å². The Balaban J connectivity index is 2.05. The number of aromatic nitrogens is 1. The second-order valence-electron chi connectivity index (χ2n) is 7.83. The number of rotatable bonds is 6. The maximum atomic E-state index is 10.0. The van der Waals surface area contributed by atoms with Gasteiger partial charge in [-0.25, -0.2) is 0 Å². The summed E-state index contributed by atoms with van der Waals surface area (Å²) in [4.78, 5) is 4.45. The number of hydrogen-bond acceptors (Lipinski definition) is 6. The number of pyridine rings is 1. The van der Waals surface area contributed by atoms with E-state index < -0.39 is 23.9 Å². The van der Waals surface area contributed by atoms with Crippen molar-refractivity contribution in [1.29, 1.82) is 5.41 Å². The summed E-state index contributed by atoms with van der Waals surface area (Å²) < 4.78 is 11.9. The third kappa shape index (κ3) is 4.48. The molecule has 0 spiro atoms. The summed E-state index contributed by atoms with van der Waals surface area (Å²) in [6.45, 7) is 11.8. The first kappa shape index (κ1) is 19.6. The molecule has 0 aromatic carbocycles. The summed E-state index contributed by atoms with van der Waals surface area (Å²) in [6, 6.07) is 5.55. The van der Waals surface area contributed by atoms with Gasteiger partial charge in [-0.1, -0.05) is 6.07 Å². The molecule has 3 N–H and O–H groups in total. The van der Waals surface area contributed by atoms with Crippen molar-refractivity contribution >= 4 is 13.3 Å². The molecule has 0 amide bonds. The SMILES string of the molecule is CC(C)(O)c1cccc(CN/C=C(\C=N)B2OC(C)(C)C(C)(C)O2)n1. The van der Waals surface area contributed by atoms with Crippen LogP contribution in [0.5, 0.6) is 0 Å². The van der Waals surface area contributed by atoms with E-state index in [0.717, 1.165) is 5.69 Å². The zero-order chi connectivity index (χ0) is 18.9. The molecular weight excluding hydrogens is 317 g/mol. The topological polar surface area (TPSA) is 87.5 Å². The molecule has 1 aliphatic rings. The minimum absolute atomic E-state index is 0.442. The summed E-state index contributed by atoms with van der Waals surface area (Å²) >= 11 is 0. The van der Waals surface area contributed by atoms with Gasteiger partial charge in [-0.2, -0.15) is 0 Å². The fourth-order valence-corrected chi connectivity index (χ4v) is 2.35. The second-order valence-corrected chi connectivity index (χ2v) is 7.83. The molecule has 0 atom stereocenters. The van der Waals surface area contributed by atoms with Crippen LogP contribution in [0, 0.1) is 5.41 Å². The Kier molecular flexibility index (Phi) is 5.42. The number of nitrogens with zero attached hydrogens (tertiary/aromatic N) is 1. The van der Waals surface area contributed by atoms with Crippen molar-refractivity contribution in [2.45, 2.75) is 64.9 Å². The highest BCUT2D eigenvalue weighted by atomic mass is 16.7. The standard InChI is InChI=1S/C18H28BN3O3/c1-16(2,23)15-9-7-8-14(22-15)12-21-11-13(10-20)19-24-17(3,4)18(5,6)25-19/h7-11,20-21,23H,12H2,1-6H3/b13-11+,20-10?. The molecule has 136 valence electrons. The predicted molar refractivity (Wildman–Crippen MR) is 99.3 cm³/mol. The zero-order valence-corrected chi connectivity index (χ0v) is 15.9. The molecule has 0 saturated carbocycles. The van der Waals surface area contributed by atoms with Crippen molar-refractivity contribution in [3.05, 3.63) is 41.3 Å². The van der Waals surface area contributed by atoms with E-state index in [9.17, 15) is 5.11 Å². The van der Waals surface area contributed by atoms with Crippen LogP contribution in [0.15, 0.2) is 29.9 Å². The first-order valence-electron chi connectivity index (χ1n) is 8.44.